The second-order valence-corrected chi connectivity index (χ2v) is 11.3. The van der Waals surface area contributed by atoms with Gasteiger partial charge in [-0.3, -0.25) is 0 Å². The summed E-state index contributed by atoms with van der Waals surface area (Å²) >= 11 is 0. The Morgan fingerprint density at radius 1 is 0.182 bits per heavy atom. The van der Waals surface area contributed by atoms with Crippen molar-refractivity contribution >= 4 is 0 Å². The third kappa shape index (κ3) is 5.89. The molecule has 0 heterocycles. The van der Waals surface area contributed by atoms with Gasteiger partial charge in [0.25, 0.3) is 0 Å². The van der Waals surface area contributed by atoms with Crippen LogP contribution in [0.2, 0.25) is 0 Å². The Morgan fingerprint density at radius 3 is 0.591 bits per heavy atom. The minimum Gasteiger partial charge on any atom is -0.0622 e. The van der Waals surface area contributed by atoms with Crippen LogP contribution in [0.4, 0.5) is 0 Å². The van der Waals surface area contributed by atoms with E-state index in [1.165, 1.54) is 55.6 Å². The van der Waals surface area contributed by atoms with Crippen LogP contribution in [0.5, 0.6) is 0 Å². The number of hydrogen-bond acceptors (Lipinski definition) is 0. The molecule has 0 aliphatic rings. The molecule has 0 amide bonds. The Hall–Kier alpha value is -5.46. The maximum absolute atomic E-state index is 2.28. The van der Waals surface area contributed by atoms with Gasteiger partial charge in [0.15, 0.2) is 0 Å². The summed E-state index contributed by atoms with van der Waals surface area (Å²) in [5.41, 5.74) is 12.7. The summed E-state index contributed by atoms with van der Waals surface area (Å²) in [6, 6.07) is 70.2. The van der Waals surface area contributed by atoms with E-state index in [1.54, 1.807) is 0 Å². The maximum atomic E-state index is 2.28. The Bertz CT molecular complexity index is 1660. The van der Waals surface area contributed by atoms with Crippen LogP contribution < -0.4 is 0 Å². The van der Waals surface area contributed by atoms with E-state index in [9.17, 15) is 0 Å². The molecule has 0 radical (unpaired) electrons. The zero-order valence-electron chi connectivity index (χ0n) is 24.6. The van der Waals surface area contributed by atoms with Gasteiger partial charge in [-0.15, -0.1) is 0 Å². The van der Waals surface area contributed by atoms with E-state index in [0.29, 0.717) is 0 Å². The molecule has 0 saturated carbocycles. The minimum atomic E-state index is 0.208. The minimum absolute atomic E-state index is 0.208. The quantitative estimate of drug-likeness (QED) is 0.162. The first-order valence-electron chi connectivity index (χ1n) is 15.3. The van der Waals surface area contributed by atoms with Gasteiger partial charge in [-0.2, -0.15) is 0 Å². The largest absolute Gasteiger partial charge is 0.0622 e. The van der Waals surface area contributed by atoms with E-state index in [1.807, 2.05) is 0 Å². The molecule has 0 spiro atoms. The van der Waals surface area contributed by atoms with E-state index in [0.717, 1.165) is 0 Å². The van der Waals surface area contributed by atoms with Crippen LogP contribution in [0.1, 0.15) is 45.2 Å². The van der Waals surface area contributed by atoms with Crippen LogP contribution in [-0.2, 0) is 0 Å². The molecule has 0 saturated heterocycles. The molecule has 7 aromatic carbocycles. The second kappa shape index (κ2) is 12.8. The van der Waals surface area contributed by atoms with Gasteiger partial charge in [0, 0.05) is 11.8 Å². The van der Waals surface area contributed by atoms with Crippen molar-refractivity contribution < 1.29 is 0 Å². The van der Waals surface area contributed by atoms with E-state index in [2.05, 4.69) is 194 Å². The highest BCUT2D eigenvalue weighted by Crippen LogP contribution is 2.35. The zero-order chi connectivity index (χ0) is 29.6. The Labute approximate surface area is 261 Å². The van der Waals surface area contributed by atoms with E-state index in [-0.39, 0.29) is 11.8 Å². The fourth-order valence-electron chi connectivity index (χ4n) is 6.33. The molecule has 210 valence electrons. The van der Waals surface area contributed by atoms with Crippen molar-refractivity contribution in [2.45, 2.75) is 11.8 Å². The van der Waals surface area contributed by atoms with Gasteiger partial charge in [0.2, 0.25) is 0 Å². The second-order valence-electron chi connectivity index (χ2n) is 11.3. The van der Waals surface area contributed by atoms with Crippen LogP contribution in [0.15, 0.2) is 194 Å². The highest BCUT2D eigenvalue weighted by molar-refractivity contribution is 5.71. The fourth-order valence-corrected chi connectivity index (χ4v) is 6.33. The predicted octanol–water partition coefficient (Wildman–Crippen LogP) is 11.4. The first-order chi connectivity index (χ1) is 21.8. The molecule has 0 unspecified atom stereocenters. The normalized spacial score (nSPS) is 11.1. The number of rotatable bonds is 8. The van der Waals surface area contributed by atoms with Crippen LogP contribution >= 0.6 is 0 Å². The molecule has 0 fully saturated rings. The molecule has 0 aromatic heterocycles. The highest BCUT2D eigenvalue weighted by atomic mass is 14.2. The molecular formula is C44H34. The molecule has 0 heteroatoms. The van der Waals surface area contributed by atoms with Gasteiger partial charge in [-0.25, -0.2) is 0 Å². The lowest BCUT2D eigenvalue weighted by atomic mass is 9.84. The summed E-state index contributed by atoms with van der Waals surface area (Å²) in [7, 11) is 0. The monoisotopic (exact) mass is 562 g/mol. The molecule has 0 atom stereocenters. The zero-order valence-corrected chi connectivity index (χ0v) is 24.6. The first kappa shape index (κ1) is 27.4. The van der Waals surface area contributed by atoms with Crippen LogP contribution in [-0.4, -0.2) is 0 Å². The highest BCUT2D eigenvalue weighted by Gasteiger charge is 2.18. The van der Waals surface area contributed by atoms with Crippen LogP contribution in [0.25, 0.3) is 22.3 Å². The van der Waals surface area contributed by atoms with Gasteiger partial charge in [0.1, 0.15) is 0 Å². The molecular weight excluding hydrogens is 528 g/mol. The summed E-state index contributed by atoms with van der Waals surface area (Å²) < 4.78 is 0. The molecule has 0 bridgehead atoms. The predicted molar refractivity (Wildman–Crippen MR) is 185 cm³/mol. The molecule has 0 aliphatic carbocycles. The Morgan fingerprint density at radius 2 is 0.364 bits per heavy atom. The Balaban J connectivity index is 1.12. The average molecular weight is 563 g/mol. The Kier molecular flexibility index (Phi) is 7.97. The fraction of sp³-hybridized carbons (Fsp3) is 0.0455. The summed E-state index contributed by atoms with van der Waals surface area (Å²) in [6.07, 6.45) is 0. The van der Waals surface area contributed by atoms with Gasteiger partial charge < -0.3 is 0 Å². The van der Waals surface area contributed by atoms with E-state index >= 15 is 0 Å². The van der Waals surface area contributed by atoms with Crippen molar-refractivity contribution in [2.24, 2.45) is 0 Å². The lowest BCUT2D eigenvalue weighted by Crippen LogP contribution is -2.03. The van der Waals surface area contributed by atoms with Crippen molar-refractivity contribution in [1.29, 1.82) is 0 Å². The van der Waals surface area contributed by atoms with E-state index in [4.69, 9.17) is 0 Å². The lowest BCUT2D eigenvalue weighted by Gasteiger charge is -2.19. The smallest absolute Gasteiger partial charge is 0.0339 e. The van der Waals surface area contributed by atoms with Crippen LogP contribution in [0, 0.1) is 0 Å². The van der Waals surface area contributed by atoms with Crippen molar-refractivity contribution in [3.8, 4) is 22.3 Å². The summed E-state index contributed by atoms with van der Waals surface area (Å²) in [5, 5.41) is 0. The standard InChI is InChI=1S/C44H34/c1-5-13-37(14-6-1)43(38-15-7-2-8-16-38)41-29-25-35(26-30-41)33-21-23-34(24-22-33)36-27-31-42(32-28-36)44(39-17-9-3-10-18-39)40-19-11-4-12-20-40/h1-32,43-44H. The van der Waals surface area contributed by atoms with Crippen LogP contribution in [0.3, 0.4) is 0 Å². The molecule has 0 N–H and O–H groups in total. The van der Waals surface area contributed by atoms with Gasteiger partial charge in [-0.05, 0) is 55.6 Å². The SMILES string of the molecule is c1ccc(C(c2ccccc2)c2ccc(-c3ccc(-c4ccc(C(c5ccccc5)c5ccccc5)cc4)cc3)cc2)cc1. The molecule has 0 nitrogen and oxygen atoms in total. The van der Waals surface area contributed by atoms with Gasteiger partial charge >= 0.3 is 0 Å². The summed E-state index contributed by atoms with van der Waals surface area (Å²) in [4.78, 5) is 0. The van der Waals surface area contributed by atoms with Crippen molar-refractivity contribution in [3.63, 3.8) is 0 Å². The van der Waals surface area contributed by atoms with Gasteiger partial charge in [0.05, 0.1) is 0 Å². The first-order valence-corrected chi connectivity index (χ1v) is 15.3. The topological polar surface area (TPSA) is 0 Å². The number of hydrogen-bond donors (Lipinski definition) is 0. The molecule has 44 heavy (non-hydrogen) atoms. The average Bonchev–Trinajstić information content (AvgIpc) is 3.11. The van der Waals surface area contributed by atoms with Crippen molar-refractivity contribution in [2.75, 3.05) is 0 Å². The lowest BCUT2D eigenvalue weighted by molar-refractivity contribution is 0.978. The molecule has 7 aromatic rings. The van der Waals surface area contributed by atoms with Crippen molar-refractivity contribution in [1.82, 2.24) is 0 Å². The van der Waals surface area contributed by atoms with Crippen molar-refractivity contribution in [3.05, 3.63) is 228 Å². The van der Waals surface area contributed by atoms with Gasteiger partial charge in [-0.1, -0.05) is 194 Å². The molecule has 7 rings (SSSR count). The van der Waals surface area contributed by atoms with E-state index < -0.39 is 0 Å². The molecule has 0 aliphatic heterocycles. The third-order valence-electron chi connectivity index (χ3n) is 8.57. The third-order valence-corrected chi connectivity index (χ3v) is 8.57. The summed E-state index contributed by atoms with van der Waals surface area (Å²) in [6.45, 7) is 0. The number of benzene rings is 7. The maximum Gasteiger partial charge on any atom is 0.0339 e. The summed E-state index contributed by atoms with van der Waals surface area (Å²) in [5.74, 6) is 0.417.